The molecule has 1 atom stereocenters. The van der Waals surface area contributed by atoms with Crippen LogP contribution in [0.1, 0.15) is 17.2 Å². The monoisotopic (exact) mass is 237 g/mol. The van der Waals surface area contributed by atoms with Crippen molar-refractivity contribution in [2.24, 2.45) is 5.73 Å². The van der Waals surface area contributed by atoms with Crippen LogP contribution in [0, 0.1) is 5.82 Å². The molecule has 0 aliphatic heterocycles. The van der Waals surface area contributed by atoms with Gasteiger partial charge in [-0.2, -0.15) is 0 Å². The Kier molecular flexibility index (Phi) is 4.47. The molecule has 2 aromatic carbocycles. The van der Waals surface area contributed by atoms with Crippen molar-refractivity contribution in [1.29, 1.82) is 0 Å². The average molecular weight is 238 g/mol. The van der Waals surface area contributed by atoms with E-state index in [2.05, 4.69) is 0 Å². The van der Waals surface area contributed by atoms with Gasteiger partial charge in [-0.1, -0.05) is 42.5 Å². The number of halogens is 2. The second kappa shape index (κ2) is 5.64. The van der Waals surface area contributed by atoms with Crippen molar-refractivity contribution in [3.05, 3.63) is 71.5 Å². The van der Waals surface area contributed by atoms with Crippen LogP contribution in [0.4, 0.5) is 4.39 Å². The summed E-state index contributed by atoms with van der Waals surface area (Å²) in [5.41, 5.74) is 7.99. The third-order valence-electron chi connectivity index (χ3n) is 2.39. The Balaban J connectivity index is 0.00000128. The van der Waals surface area contributed by atoms with Crippen LogP contribution in [0.5, 0.6) is 0 Å². The number of nitrogens with two attached hydrogens (primary N) is 1. The molecule has 0 bridgehead atoms. The molecule has 0 unspecified atom stereocenters. The van der Waals surface area contributed by atoms with Crippen molar-refractivity contribution in [2.75, 3.05) is 0 Å². The first-order valence-electron chi connectivity index (χ1n) is 4.83. The number of hydrogen-bond acceptors (Lipinski definition) is 1. The van der Waals surface area contributed by atoms with E-state index in [9.17, 15) is 4.39 Å². The lowest BCUT2D eigenvalue weighted by molar-refractivity contribution is 0.626. The minimum atomic E-state index is -0.237. The Labute approximate surface area is 101 Å². The van der Waals surface area contributed by atoms with E-state index in [1.807, 2.05) is 30.3 Å². The van der Waals surface area contributed by atoms with Crippen LogP contribution in [0.3, 0.4) is 0 Å². The lowest BCUT2D eigenvalue weighted by Crippen LogP contribution is -2.11. The highest BCUT2D eigenvalue weighted by Crippen LogP contribution is 2.19. The van der Waals surface area contributed by atoms with Gasteiger partial charge in [0.25, 0.3) is 0 Å². The summed E-state index contributed by atoms with van der Waals surface area (Å²) < 4.78 is 12.7. The summed E-state index contributed by atoms with van der Waals surface area (Å²) in [6.07, 6.45) is 0. The second-order valence-corrected chi connectivity index (χ2v) is 3.44. The summed E-state index contributed by atoms with van der Waals surface area (Å²) >= 11 is 0. The van der Waals surface area contributed by atoms with Gasteiger partial charge in [0.05, 0.1) is 6.04 Å². The Bertz CT molecular complexity index is 427. The molecule has 1 nitrogen and oxygen atoms in total. The molecule has 0 spiro atoms. The SMILES string of the molecule is Cl.N[C@H](c1ccccc1)c1ccc(F)cc1. The zero-order valence-corrected chi connectivity index (χ0v) is 9.45. The molecule has 0 saturated heterocycles. The molecule has 84 valence electrons. The molecular formula is C13H13ClFN. The van der Waals surface area contributed by atoms with E-state index in [0.717, 1.165) is 11.1 Å². The quantitative estimate of drug-likeness (QED) is 0.852. The van der Waals surface area contributed by atoms with E-state index >= 15 is 0 Å². The summed E-state index contributed by atoms with van der Waals surface area (Å²) in [5.74, 6) is -0.237. The Morgan fingerprint density at radius 2 is 1.31 bits per heavy atom. The lowest BCUT2D eigenvalue weighted by atomic mass is 10.00. The third-order valence-corrected chi connectivity index (χ3v) is 2.39. The molecule has 3 heteroatoms. The molecule has 2 N–H and O–H groups in total. The van der Waals surface area contributed by atoms with Gasteiger partial charge in [0.15, 0.2) is 0 Å². The Morgan fingerprint density at radius 1 is 0.812 bits per heavy atom. The lowest BCUT2D eigenvalue weighted by Gasteiger charge is -2.11. The zero-order valence-electron chi connectivity index (χ0n) is 8.64. The first kappa shape index (κ1) is 12.7. The van der Waals surface area contributed by atoms with Gasteiger partial charge < -0.3 is 5.73 Å². The van der Waals surface area contributed by atoms with Crippen LogP contribution in [0.25, 0.3) is 0 Å². The van der Waals surface area contributed by atoms with Crippen molar-refractivity contribution >= 4 is 12.4 Å². The van der Waals surface area contributed by atoms with Crippen LogP contribution < -0.4 is 5.73 Å². The average Bonchev–Trinajstić information content (AvgIpc) is 2.30. The Hall–Kier alpha value is -1.38. The first-order valence-corrected chi connectivity index (χ1v) is 4.83. The smallest absolute Gasteiger partial charge is 0.123 e. The molecule has 2 rings (SSSR count). The molecule has 0 radical (unpaired) electrons. The van der Waals surface area contributed by atoms with E-state index in [0.29, 0.717) is 0 Å². The molecule has 2 aromatic rings. The van der Waals surface area contributed by atoms with E-state index in [4.69, 9.17) is 5.73 Å². The van der Waals surface area contributed by atoms with Crippen LogP contribution in [-0.2, 0) is 0 Å². The summed E-state index contributed by atoms with van der Waals surface area (Å²) in [6, 6.07) is 15.9. The fourth-order valence-corrected chi connectivity index (χ4v) is 1.52. The van der Waals surface area contributed by atoms with Gasteiger partial charge in [-0.05, 0) is 23.3 Å². The highest BCUT2D eigenvalue weighted by atomic mass is 35.5. The van der Waals surface area contributed by atoms with Crippen molar-refractivity contribution < 1.29 is 4.39 Å². The molecule has 0 saturated carbocycles. The number of rotatable bonds is 2. The van der Waals surface area contributed by atoms with Crippen molar-refractivity contribution in [3.63, 3.8) is 0 Å². The van der Waals surface area contributed by atoms with E-state index < -0.39 is 0 Å². The van der Waals surface area contributed by atoms with Gasteiger partial charge >= 0.3 is 0 Å². The topological polar surface area (TPSA) is 26.0 Å². The van der Waals surface area contributed by atoms with E-state index in [-0.39, 0.29) is 24.3 Å². The first-order chi connectivity index (χ1) is 7.27. The number of benzene rings is 2. The van der Waals surface area contributed by atoms with E-state index in [1.54, 1.807) is 12.1 Å². The molecule has 0 heterocycles. The molecule has 16 heavy (non-hydrogen) atoms. The standard InChI is InChI=1S/C13H12FN.ClH/c14-12-8-6-11(7-9-12)13(15)10-4-2-1-3-5-10;/h1-9,13H,15H2;1H/t13-;/m1./s1. The van der Waals surface area contributed by atoms with Crippen LogP contribution in [0.2, 0.25) is 0 Å². The predicted molar refractivity (Wildman–Crippen MR) is 66.1 cm³/mol. The van der Waals surface area contributed by atoms with Gasteiger partial charge in [0, 0.05) is 0 Å². The molecular weight excluding hydrogens is 225 g/mol. The molecule has 0 aliphatic rings. The van der Waals surface area contributed by atoms with E-state index in [1.165, 1.54) is 12.1 Å². The fraction of sp³-hybridized carbons (Fsp3) is 0.0769. The molecule has 0 amide bonds. The Morgan fingerprint density at radius 3 is 1.88 bits per heavy atom. The third kappa shape index (κ3) is 2.81. The maximum Gasteiger partial charge on any atom is 0.123 e. The minimum Gasteiger partial charge on any atom is -0.320 e. The van der Waals surface area contributed by atoms with Crippen LogP contribution >= 0.6 is 12.4 Å². The summed E-state index contributed by atoms with van der Waals surface area (Å²) in [4.78, 5) is 0. The van der Waals surface area contributed by atoms with Crippen molar-refractivity contribution in [2.45, 2.75) is 6.04 Å². The predicted octanol–water partition coefficient (Wildman–Crippen LogP) is 3.30. The molecule has 0 aromatic heterocycles. The number of hydrogen-bond donors (Lipinski definition) is 1. The van der Waals surface area contributed by atoms with Crippen molar-refractivity contribution in [3.8, 4) is 0 Å². The largest absolute Gasteiger partial charge is 0.320 e. The summed E-state index contributed by atoms with van der Waals surface area (Å²) in [5, 5.41) is 0. The summed E-state index contributed by atoms with van der Waals surface area (Å²) in [6.45, 7) is 0. The zero-order chi connectivity index (χ0) is 10.7. The van der Waals surface area contributed by atoms with Gasteiger partial charge in [-0.15, -0.1) is 12.4 Å². The highest BCUT2D eigenvalue weighted by Gasteiger charge is 2.07. The highest BCUT2D eigenvalue weighted by molar-refractivity contribution is 5.85. The normalized spacial score (nSPS) is 11.6. The van der Waals surface area contributed by atoms with Gasteiger partial charge in [-0.3, -0.25) is 0 Å². The van der Waals surface area contributed by atoms with Crippen LogP contribution in [0.15, 0.2) is 54.6 Å². The maximum absolute atomic E-state index is 12.7. The second-order valence-electron chi connectivity index (χ2n) is 3.44. The fourth-order valence-electron chi connectivity index (χ4n) is 1.52. The van der Waals surface area contributed by atoms with Gasteiger partial charge in [0.2, 0.25) is 0 Å². The van der Waals surface area contributed by atoms with Crippen molar-refractivity contribution in [1.82, 2.24) is 0 Å². The molecule has 0 aliphatic carbocycles. The van der Waals surface area contributed by atoms with Crippen LogP contribution in [-0.4, -0.2) is 0 Å². The van der Waals surface area contributed by atoms with Gasteiger partial charge in [-0.25, -0.2) is 4.39 Å². The van der Waals surface area contributed by atoms with Gasteiger partial charge in [0.1, 0.15) is 5.82 Å². The maximum atomic E-state index is 12.7. The minimum absolute atomic E-state index is 0. The molecule has 0 fully saturated rings. The summed E-state index contributed by atoms with van der Waals surface area (Å²) in [7, 11) is 0.